The van der Waals surface area contributed by atoms with Crippen molar-refractivity contribution in [2.45, 2.75) is 20.4 Å². The van der Waals surface area contributed by atoms with Crippen LogP contribution < -0.4 is 15.6 Å². The average molecular weight is 328 g/mol. The van der Waals surface area contributed by atoms with Crippen molar-refractivity contribution in [2.24, 2.45) is 0 Å². The molecule has 0 radical (unpaired) electrons. The standard InChI is InChI=1S/C17H20N4O3/c1-4-9-24-15-7-5-14(6-8-15)17(23)19-18-16(22)11-21-13(3)10-12(2)20-21/h4-8,10H,1,9,11H2,2-3H3,(H,18,22)(H,19,23). The Morgan fingerprint density at radius 2 is 1.96 bits per heavy atom. The van der Waals surface area contributed by atoms with Gasteiger partial charge in [-0.1, -0.05) is 12.7 Å². The summed E-state index contributed by atoms with van der Waals surface area (Å²) in [6.45, 7) is 7.71. The molecule has 0 aliphatic carbocycles. The lowest BCUT2D eigenvalue weighted by Crippen LogP contribution is -2.43. The topological polar surface area (TPSA) is 85.3 Å². The second-order valence-electron chi connectivity index (χ2n) is 5.21. The number of nitrogens with zero attached hydrogens (tertiary/aromatic N) is 2. The summed E-state index contributed by atoms with van der Waals surface area (Å²) >= 11 is 0. The number of hydrogen-bond donors (Lipinski definition) is 2. The summed E-state index contributed by atoms with van der Waals surface area (Å²) in [5.41, 5.74) is 6.87. The number of amides is 2. The van der Waals surface area contributed by atoms with E-state index in [1.165, 1.54) is 0 Å². The summed E-state index contributed by atoms with van der Waals surface area (Å²) in [6.07, 6.45) is 1.64. The normalized spacial score (nSPS) is 10.1. The monoisotopic (exact) mass is 328 g/mol. The SMILES string of the molecule is C=CCOc1ccc(C(=O)NNC(=O)Cn2nc(C)cc2C)cc1. The first-order valence-electron chi connectivity index (χ1n) is 7.43. The predicted octanol–water partition coefficient (Wildman–Crippen LogP) is 1.53. The minimum atomic E-state index is -0.410. The minimum Gasteiger partial charge on any atom is -0.490 e. The summed E-state index contributed by atoms with van der Waals surface area (Å²) < 4.78 is 6.91. The maximum Gasteiger partial charge on any atom is 0.269 e. The highest BCUT2D eigenvalue weighted by Crippen LogP contribution is 2.11. The molecule has 126 valence electrons. The van der Waals surface area contributed by atoms with Gasteiger partial charge in [0.2, 0.25) is 0 Å². The van der Waals surface area contributed by atoms with E-state index >= 15 is 0 Å². The van der Waals surface area contributed by atoms with Crippen LogP contribution in [-0.2, 0) is 11.3 Å². The van der Waals surface area contributed by atoms with Gasteiger partial charge in [0.1, 0.15) is 18.9 Å². The number of nitrogens with one attached hydrogen (secondary N) is 2. The maximum atomic E-state index is 12.0. The van der Waals surface area contributed by atoms with Crippen molar-refractivity contribution in [3.63, 3.8) is 0 Å². The van der Waals surface area contributed by atoms with Gasteiger partial charge in [0, 0.05) is 11.3 Å². The van der Waals surface area contributed by atoms with Crippen LogP contribution in [0.2, 0.25) is 0 Å². The van der Waals surface area contributed by atoms with Crippen LogP contribution in [0.15, 0.2) is 43.0 Å². The molecule has 24 heavy (non-hydrogen) atoms. The van der Waals surface area contributed by atoms with Crippen LogP contribution in [0.25, 0.3) is 0 Å². The Morgan fingerprint density at radius 3 is 2.54 bits per heavy atom. The van der Waals surface area contributed by atoms with Crippen LogP contribution in [0.5, 0.6) is 5.75 Å². The number of aryl methyl sites for hydroxylation is 2. The Bertz CT molecular complexity index is 735. The summed E-state index contributed by atoms with van der Waals surface area (Å²) in [5, 5.41) is 4.19. The fourth-order valence-electron chi connectivity index (χ4n) is 2.07. The molecule has 2 rings (SSSR count). The summed E-state index contributed by atoms with van der Waals surface area (Å²) in [7, 11) is 0. The zero-order chi connectivity index (χ0) is 17.5. The summed E-state index contributed by atoms with van der Waals surface area (Å²) in [6, 6.07) is 8.45. The number of carbonyl (C=O) groups is 2. The van der Waals surface area contributed by atoms with Crippen LogP contribution in [0.3, 0.4) is 0 Å². The van der Waals surface area contributed by atoms with Gasteiger partial charge < -0.3 is 4.74 Å². The molecule has 0 bridgehead atoms. The van der Waals surface area contributed by atoms with Crippen molar-refractivity contribution in [3.8, 4) is 5.75 Å². The third kappa shape index (κ3) is 4.70. The third-order valence-electron chi connectivity index (χ3n) is 3.20. The molecule has 1 heterocycles. The van der Waals surface area contributed by atoms with Gasteiger partial charge in [-0.15, -0.1) is 0 Å². The lowest BCUT2D eigenvalue weighted by atomic mass is 10.2. The molecule has 2 N–H and O–H groups in total. The molecular formula is C17H20N4O3. The van der Waals surface area contributed by atoms with Crippen LogP contribution in [0.4, 0.5) is 0 Å². The van der Waals surface area contributed by atoms with Crippen molar-refractivity contribution < 1.29 is 14.3 Å². The molecule has 2 aromatic rings. The second-order valence-corrected chi connectivity index (χ2v) is 5.21. The number of rotatable bonds is 6. The molecule has 2 amide bonds. The molecule has 0 atom stereocenters. The van der Waals surface area contributed by atoms with Gasteiger partial charge in [-0.05, 0) is 44.2 Å². The largest absolute Gasteiger partial charge is 0.490 e. The van der Waals surface area contributed by atoms with Crippen LogP contribution in [0.1, 0.15) is 21.7 Å². The van der Waals surface area contributed by atoms with Gasteiger partial charge in [-0.3, -0.25) is 25.1 Å². The Morgan fingerprint density at radius 1 is 1.25 bits per heavy atom. The number of benzene rings is 1. The molecule has 0 aliphatic rings. The van der Waals surface area contributed by atoms with Crippen molar-refractivity contribution in [1.29, 1.82) is 0 Å². The highest BCUT2D eigenvalue weighted by Gasteiger charge is 2.10. The van der Waals surface area contributed by atoms with Crippen molar-refractivity contribution >= 4 is 11.8 Å². The van der Waals surface area contributed by atoms with E-state index in [1.54, 1.807) is 35.0 Å². The molecular weight excluding hydrogens is 308 g/mol. The van der Waals surface area contributed by atoms with Gasteiger partial charge in [0.05, 0.1) is 5.69 Å². The van der Waals surface area contributed by atoms with E-state index in [0.717, 1.165) is 11.4 Å². The molecule has 7 heteroatoms. The number of aromatic nitrogens is 2. The van der Waals surface area contributed by atoms with E-state index in [0.29, 0.717) is 17.9 Å². The molecule has 0 saturated heterocycles. The first kappa shape index (κ1) is 17.3. The van der Waals surface area contributed by atoms with Crippen molar-refractivity contribution in [3.05, 3.63) is 59.9 Å². The minimum absolute atomic E-state index is 0.0360. The molecule has 0 spiro atoms. The number of hydrogen-bond acceptors (Lipinski definition) is 4. The van der Waals surface area contributed by atoms with E-state index < -0.39 is 5.91 Å². The lowest BCUT2D eigenvalue weighted by molar-refractivity contribution is -0.122. The molecule has 1 aromatic carbocycles. The zero-order valence-electron chi connectivity index (χ0n) is 13.7. The van der Waals surface area contributed by atoms with Crippen molar-refractivity contribution in [1.82, 2.24) is 20.6 Å². The van der Waals surface area contributed by atoms with E-state index in [9.17, 15) is 9.59 Å². The smallest absolute Gasteiger partial charge is 0.269 e. The van der Waals surface area contributed by atoms with Gasteiger partial charge >= 0.3 is 0 Å². The third-order valence-corrected chi connectivity index (χ3v) is 3.20. The highest BCUT2D eigenvalue weighted by atomic mass is 16.5. The molecule has 1 aromatic heterocycles. The summed E-state index contributed by atoms with van der Waals surface area (Å²) in [4.78, 5) is 23.9. The average Bonchev–Trinajstić information content (AvgIpc) is 2.88. The molecule has 0 unspecified atom stereocenters. The van der Waals surface area contributed by atoms with Gasteiger partial charge in [0.25, 0.3) is 11.8 Å². The molecule has 0 saturated carbocycles. The van der Waals surface area contributed by atoms with E-state index in [-0.39, 0.29) is 12.5 Å². The van der Waals surface area contributed by atoms with Gasteiger partial charge in [0.15, 0.2) is 0 Å². The highest BCUT2D eigenvalue weighted by molar-refractivity contribution is 5.95. The van der Waals surface area contributed by atoms with Gasteiger partial charge in [-0.2, -0.15) is 5.10 Å². The van der Waals surface area contributed by atoms with E-state index in [4.69, 9.17) is 4.74 Å². The number of carbonyl (C=O) groups excluding carboxylic acids is 2. The Kier molecular flexibility index (Phi) is 5.73. The fourth-order valence-corrected chi connectivity index (χ4v) is 2.07. The van der Waals surface area contributed by atoms with Crippen molar-refractivity contribution in [2.75, 3.05) is 6.61 Å². The predicted molar refractivity (Wildman–Crippen MR) is 89.4 cm³/mol. The molecule has 7 nitrogen and oxygen atoms in total. The Hall–Kier alpha value is -3.09. The van der Waals surface area contributed by atoms with Crippen LogP contribution in [0, 0.1) is 13.8 Å². The lowest BCUT2D eigenvalue weighted by Gasteiger charge is -2.09. The molecule has 0 fully saturated rings. The fraction of sp³-hybridized carbons (Fsp3) is 0.235. The zero-order valence-corrected chi connectivity index (χ0v) is 13.7. The first-order chi connectivity index (χ1) is 11.5. The second kappa shape index (κ2) is 7.96. The quantitative estimate of drug-likeness (QED) is 0.622. The van der Waals surface area contributed by atoms with E-state index in [2.05, 4.69) is 22.5 Å². The Balaban J connectivity index is 1.84. The maximum absolute atomic E-state index is 12.0. The van der Waals surface area contributed by atoms with E-state index in [1.807, 2.05) is 19.9 Å². The number of hydrazine groups is 1. The Labute approximate surface area is 140 Å². The molecule has 0 aliphatic heterocycles. The first-order valence-corrected chi connectivity index (χ1v) is 7.43. The summed E-state index contributed by atoms with van der Waals surface area (Å²) in [5.74, 6) is -0.132. The van der Waals surface area contributed by atoms with Crippen LogP contribution in [-0.4, -0.2) is 28.2 Å². The van der Waals surface area contributed by atoms with Crippen LogP contribution >= 0.6 is 0 Å². The number of ether oxygens (including phenoxy) is 1. The van der Waals surface area contributed by atoms with Gasteiger partial charge in [-0.25, -0.2) is 0 Å².